The third-order valence-electron chi connectivity index (χ3n) is 3.54. The molecule has 0 spiro atoms. The summed E-state index contributed by atoms with van der Waals surface area (Å²) in [5.74, 6) is 0.802. The average molecular weight is 329 g/mol. The Hall–Kier alpha value is -2.82. The highest BCUT2D eigenvalue weighted by Crippen LogP contribution is 2.27. The number of carbonyl (C=O) groups is 1. The minimum Gasteiger partial charge on any atom is -0.493 e. The van der Waals surface area contributed by atoms with Crippen LogP contribution in [0, 0.1) is 5.82 Å². The molecule has 126 valence electrons. The zero-order valence-corrected chi connectivity index (χ0v) is 14.0. The van der Waals surface area contributed by atoms with Gasteiger partial charge in [0.1, 0.15) is 5.82 Å². The highest BCUT2D eigenvalue weighted by atomic mass is 19.1. The molecule has 4 nitrogen and oxygen atoms in total. The van der Waals surface area contributed by atoms with Crippen molar-refractivity contribution in [1.29, 1.82) is 0 Å². The van der Waals surface area contributed by atoms with Gasteiger partial charge in [-0.15, -0.1) is 0 Å². The zero-order chi connectivity index (χ0) is 17.5. The Morgan fingerprint density at radius 1 is 1.08 bits per heavy atom. The third-order valence-corrected chi connectivity index (χ3v) is 3.54. The summed E-state index contributed by atoms with van der Waals surface area (Å²) >= 11 is 0. The van der Waals surface area contributed by atoms with Gasteiger partial charge < -0.3 is 14.4 Å². The molecule has 0 aliphatic carbocycles. The minimum absolute atomic E-state index is 0.144. The van der Waals surface area contributed by atoms with Gasteiger partial charge in [-0.05, 0) is 41.5 Å². The van der Waals surface area contributed by atoms with Gasteiger partial charge in [-0.1, -0.05) is 18.2 Å². The normalized spacial score (nSPS) is 10.7. The molecule has 2 aromatic rings. The first-order valence-electron chi connectivity index (χ1n) is 7.43. The number of likely N-dealkylation sites (N-methyl/N-ethyl adjacent to an activating group) is 1. The van der Waals surface area contributed by atoms with E-state index in [9.17, 15) is 9.18 Å². The number of carbonyl (C=O) groups excluding carboxylic acids is 1. The monoisotopic (exact) mass is 329 g/mol. The summed E-state index contributed by atoms with van der Waals surface area (Å²) in [4.78, 5) is 13.7. The van der Waals surface area contributed by atoms with Crippen LogP contribution in [-0.4, -0.2) is 32.1 Å². The van der Waals surface area contributed by atoms with Crippen molar-refractivity contribution in [1.82, 2.24) is 4.90 Å². The largest absolute Gasteiger partial charge is 0.493 e. The molecule has 0 aromatic heterocycles. The maximum absolute atomic E-state index is 12.9. The number of hydrogen-bond donors (Lipinski definition) is 0. The number of rotatable bonds is 6. The molecular formula is C19H20FNO3. The van der Waals surface area contributed by atoms with Gasteiger partial charge in [-0.3, -0.25) is 4.79 Å². The molecule has 0 fully saturated rings. The Kier molecular flexibility index (Phi) is 5.95. The van der Waals surface area contributed by atoms with E-state index in [0.717, 1.165) is 11.1 Å². The highest BCUT2D eigenvalue weighted by Gasteiger charge is 2.07. The smallest absolute Gasteiger partial charge is 0.246 e. The van der Waals surface area contributed by atoms with Gasteiger partial charge in [0.05, 0.1) is 14.2 Å². The standard InChI is InChI=1S/C19H20FNO3/c1-21(13-15-4-8-16(20)9-5-15)19(22)11-7-14-6-10-17(23-2)18(12-14)24-3/h4-12H,13H2,1-3H3. The summed E-state index contributed by atoms with van der Waals surface area (Å²) in [6, 6.07) is 11.5. The number of nitrogens with zero attached hydrogens (tertiary/aromatic N) is 1. The highest BCUT2D eigenvalue weighted by molar-refractivity contribution is 5.91. The fourth-order valence-corrected chi connectivity index (χ4v) is 2.19. The van der Waals surface area contributed by atoms with Crippen LogP contribution in [0.15, 0.2) is 48.5 Å². The number of hydrogen-bond acceptors (Lipinski definition) is 3. The lowest BCUT2D eigenvalue weighted by Crippen LogP contribution is -2.24. The Bertz CT molecular complexity index is 726. The van der Waals surface area contributed by atoms with Crippen LogP contribution in [0.3, 0.4) is 0 Å². The van der Waals surface area contributed by atoms with Crippen LogP contribution in [0.2, 0.25) is 0 Å². The fraction of sp³-hybridized carbons (Fsp3) is 0.211. The van der Waals surface area contributed by atoms with Crippen molar-refractivity contribution in [2.24, 2.45) is 0 Å². The van der Waals surface area contributed by atoms with Crippen molar-refractivity contribution in [2.45, 2.75) is 6.54 Å². The van der Waals surface area contributed by atoms with Gasteiger partial charge in [-0.25, -0.2) is 4.39 Å². The molecule has 2 aromatic carbocycles. The van der Waals surface area contributed by atoms with Crippen LogP contribution in [0.4, 0.5) is 4.39 Å². The lowest BCUT2D eigenvalue weighted by atomic mass is 10.1. The van der Waals surface area contributed by atoms with E-state index in [1.807, 2.05) is 6.07 Å². The third kappa shape index (κ3) is 4.59. The van der Waals surface area contributed by atoms with E-state index in [1.165, 1.54) is 18.2 Å². The van der Waals surface area contributed by atoms with Gasteiger partial charge >= 0.3 is 0 Å². The molecule has 0 atom stereocenters. The summed E-state index contributed by atoms with van der Waals surface area (Å²) in [5, 5.41) is 0. The molecule has 0 aliphatic rings. The summed E-state index contributed by atoms with van der Waals surface area (Å²) in [7, 11) is 4.83. The molecule has 0 saturated heterocycles. The first-order valence-corrected chi connectivity index (χ1v) is 7.43. The van der Waals surface area contributed by atoms with Crippen molar-refractivity contribution >= 4 is 12.0 Å². The molecule has 5 heteroatoms. The van der Waals surface area contributed by atoms with Crippen molar-refractivity contribution in [3.8, 4) is 11.5 Å². The molecular weight excluding hydrogens is 309 g/mol. The minimum atomic E-state index is -0.291. The van der Waals surface area contributed by atoms with Crippen LogP contribution >= 0.6 is 0 Å². The first-order chi connectivity index (χ1) is 11.5. The summed E-state index contributed by atoms with van der Waals surface area (Å²) in [6.07, 6.45) is 3.20. The molecule has 0 bridgehead atoms. The second kappa shape index (κ2) is 8.15. The van der Waals surface area contributed by atoms with E-state index >= 15 is 0 Å². The summed E-state index contributed by atoms with van der Waals surface area (Å²) in [6.45, 7) is 0.412. The number of methoxy groups -OCH3 is 2. The van der Waals surface area contributed by atoms with E-state index in [0.29, 0.717) is 18.0 Å². The van der Waals surface area contributed by atoms with Gasteiger partial charge in [0.15, 0.2) is 11.5 Å². The van der Waals surface area contributed by atoms with E-state index in [-0.39, 0.29) is 11.7 Å². The Morgan fingerprint density at radius 3 is 2.38 bits per heavy atom. The number of benzene rings is 2. The Morgan fingerprint density at radius 2 is 1.75 bits per heavy atom. The maximum atomic E-state index is 12.9. The Balaban J connectivity index is 2.02. The molecule has 0 N–H and O–H groups in total. The SMILES string of the molecule is COc1ccc(C=CC(=O)N(C)Cc2ccc(F)cc2)cc1OC. The van der Waals surface area contributed by atoms with Crippen LogP contribution in [0.5, 0.6) is 11.5 Å². The van der Waals surface area contributed by atoms with Crippen LogP contribution in [-0.2, 0) is 11.3 Å². The fourth-order valence-electron chi connectivity index (χ4n) is 2.19. The van der Waals surface area contributed by atoms with Gasteiger partial charge in [0.25, 0.3) is 0 Å². The van der Waals surface area contributed by atoms with E-state index in [2.05, 4.69) is 0 Å². The molecule has 1 amide bonds. The molecule has 0 unspecified atom stereocenters. The van der Waals surface area contributed by atoms with Crippen LogP contribution in [0.25, 0.3) is 6.08 Å². The maximum Gasteiger partial charge on any atom is 0.246 e. The Labute approximate surface area is 141 Å². The van der Waals surface area contributed by atoms with Crippen LogP contribution in [0.1, 0.15) is 11.1 Å². The predicted octanol–water partition coefficient (Wildman–Crippen LogP) is 3.51. The van der Waals surface area contributed by atoms with E-state index < -0.39 is 0 Å². The zero-order valence-electron chi connectivity index (χ0n) is 14.0. The first kappa shape index (κ1) is 17.5. The second-order valence-electron chi connectivity index (χ2n) is 5.27. The van der Waals surface area contributed by atoms with Gasteiger partial charge in [0, 0.05) is 19.7 Å². The van der Waals surface area contributed by atoms with E-state index in [1.54, 1.807) is 56.5 Å². The second-order valence-corrected chi connectivity index (χ2v) is 5.27. The lowest BCUT2D eigenvalue weighted by Gasteiger charge is -2.15. The molecule has 2 rings (SSSR count). The molecule has 0 saturated carbocycles. The van der Waals surface area contributed by atoms with E-state index in [4.69, 9.17) is 9.47 Å². The van der Waals surface area contributed by atoms with Crippen molar-refractivity contribution < 1.29 is 18.7 Å². The topological polar surface area (TPSA) is 38.8 Å². The quantitative estimate of drug-likeness (QED) is 0.761. The van der Waals surface area contributed by atoms with Crippen molar-refractivity contribution in [3.63, 3.8) is 0 Å². The predicted molar refractivity (Wildman–Crippen MR) is 91.5 cm³/mol. The lowest BCUT2D eigenvalue weighted by molar-refractivity contribution is -0.125. The molecule has 0 heterocycles. The molecule has 24 heavy (non-hydrogen) atoms. The van der Waals surface area contributed by atoms with Gasteiger partial charge in [-0.2, -0.15) is 0 Å². The molecule has 0 radical (unpaired) electrons. The number of halogens is 1. The summed E-state index contributed by atoms with van der Waals surface area (Å²) in [5.41, 5.74) is 1.70. The summed E-state index contributed by atoms with van der Waals surface area (Å²) < 4.78 is 23.3. The van der Waals surface area contributed by atoms with Gasteiger partial charge in [0.2, 0.25) is 5.91 Å². The van der Waals surface area contributed by atoms with Crippen molar-refractivity contribution in [3.05, 3.63) is 65.5 Å². The number of amides is 1. The number of ether oxygens (including phenoxy) is 2. The van der Waals surface area contributed by atoms with Crippen molar-refractivity contribution in [2.75, 3.05) is 21.3 Å². The molecule has 0 aliphatic heterocycles. The van der Waals surface area contributed by atoms with Crippen LogP contribution < -0.4 is 9.47 Å². The average Bonchev–Trinajstić information content (AvgIpc) is 2.61.